The molecule has 1 atom stereocenters. The molecule has 0 saturated carbocycles. The van der Waals surface area contributed by atoms with Gasteiger partial charge in [0.25, 0.3) is 0 Å². The predicted molar refractivity (Wildman–Crippen MR) is 65.4 cm³/mol. The first-order valence-electron chi connectivity index (χ1n) is 5.74. The summed E-state index contributed by atoms with van der Waals surface area (Å²) in [6.07, 6.45) is 4.84. The van der Waals surface area contributed by atoms with Crippen LogP contribution in [-0.2, 0) is 6.42 Å². The van der Waals surface area contributed by atoms with Gasteiger partial charge in [-0.1, -0.05) is 43.1 Å². The summed E-state index contributed by atoms with van der Waals surface area (Å²) < 4.78 is 0. The first-order valence-corrected chi connectivity index (χ1v) is 6.12. The summed E-state index contributed by atoms with van der Waals surface area (Å²) in [5.74, 6) is 0. The van der Waals surface area contributed by atoms with E-state index in [0.717, 1.165) is 18.0 Å². The molecule has 0 aliphatic carbocycles. The summed E-state index contributed by atoms with van der Waals surface area (Å²) in [5.41, 5.74) is 1.61. The van der Waals surface area contributed by atoms with E-state index in [9.17, 15) is 0 Å². The zero-order valence-corrected chi connectivity index (χ0v) is 9.98. The van der Waals surface area contributed by atoms with E-state index in [1.165, 1.54) is 24.8 Å². The highest BCUT2D eigenvalue weighted by atomic mass is 35.5. The van der Waals surface area contributed by atoms with Crippen molar-refractivity contribution in [1.82, 2.24) is 5.32 Å². The Morgan fingerprint density at radius 1 is 1.40 bits per heavy atom. The fourth-order valence-corrected chi connectivity index (χ4v) is 2.62. The van der Waals surface area contributed by atoms with Gasteiger partial charge < -0.3 is 5.32 Å². The molecule has 1 aliphatic rings. The van der Waals surface area contributed by atoms with E-state index in [-0.39, 0.29) is 0 Å². The molecule has 15 heavy (non-hydrogen) atoms. The van der Waals surface area contributed by atoms with Crippen molar-refractivity contribution in [2.24, 2.45) is 0 Å². The third-order valence-corrected chi connectivity index (χ3v) is 3.69. The lowest BCUT2D eigenvalue weighted by Gasteiger charge is -2.44. The van der Waals surface area contributed by atoms with E-state index < -0.39 is 0 Å². The lowest BCUT2D eigenvalue weighted by Crippen LogP contribution is -2.58. The fourth-order valence-electron chi connectivity index (χ4n) is 2.42. The first-order chi connectivity index (χ1) is 7.26. The van der Waals surface area contributed by atoms with E-state index in [0.29, 0.717) is 5.54 Å². The highest BCUT2D eigenvalue weighted by Gasteiger charge is 2.35. The zero-order chi connectivity index (χ0) is 10.7. The van der Waals surface area contributed by atoms with Gasteiger partial charge in [-0.15, -0.1) is 0 Å². The average Bonchev–Trinajstić information content (AvgIpc) is 2.18. The van der Waals surface area contributed by atoms with Crippen molar-refractivity contribution < 1.29 is 0 Å². The van der Waals surface area contributed by atoms with Crippen LogP contribution in [0, 0.1) is 0 Å². The molecule has 1 N–H and O–H groups in total. The van der Waals surface area contributed by atoms with Crippen molar-refractivity contribution in [1.29, 1.82) is 0 Å². The van der Waals surface area contributed by atoms with Gasteiger partial charge in [0.1, 0.15) is 0 Å². The number of hydrogen-bond donors (Lipinski definition) is 1. The molecule has 0 aromatic heterocycles. The van der Waals surface area contributed by atoms with Crippen LogP contribution in [0.5, 0.6) is 0 Å². The van der Waals surface area contributed by atoms with Crippen molar-refractivity contribution in [2.75, 3.05) is 6.54 Å². The quantitative estimate of drug-likeness (QED) is 0.825. The molecule has 1 aromatic carbocycles. The van der Waals surface area contributed by atoms with Gasteiger partial charge >= 0.3 is 0 Å². The predicted octanol–water partition coefficient (Wildman–Crippen LogP) is 3.41. The molecule has 1 unspecified atom stereocenters. The van der Waals surface area contributed by atoms with Crippen LogP contribution < -0.4 is 5.32 Å². The normalized spacial score (nSPS) is 24.9. The molecule has 1 aromatic rings. The van der Waals surface area contributed by atoms with Gasteiger partial charge in [-0.2, -0.15) is 0 Å². The molecule has 2 heteroatoms. The van der Waals surface area contributed by atoms with Crippen molar-refractivity contribution in [3.63, 3.8) is 0 Å². The molecule has 1 aliphatic heterocycles. The monoisotopic (exact) mass is 223 g/mol. The van der Waals surface area contributed by atoms with Gasteiger partial charge in [0, 0.05) is 10.6 Å². The van der Waals surface area contributed by atoms with Crippen LogP contribution in [0.1, 0.15) is 31.7 Å². The SMILES string of the molecule is CCCC1(Cc2ccccc2Cl)CCN1. The number of rotatable bonds is 4. The molecular weight excluding hydrogens is 206 g/mol. The third kappa shape index (κ3) is 2.35. The first kappa shape index (κ1) is 11.0. The van der Waals surface area contributed by atoms with E-state index in [2.05, 4.69) is 24.4 Å². The minimum Gasteiger partial charge on any atom is -0.311 e. The topological polar surface area (TPSA) is 12.0 Å². The number of hydrogen-bond acceptors (Lipinski definition) is 1. The Labute approximate surface area is 96.8 Å². The lowest BCUT2D eigenvalue weighted by molar-refractivity contribution is 0.188. The molecular formula is C13H18ClN. The van der Waals surface area contributed by atoms with Crippen LogP contribution in [0.25, 0.3) is 0 Å². The number of halogens is 1. The Bertz CT molecular complexity index is 331. The van der Waals surface area contributed by atoms with Gasteiger partial charge in [0.15, 0.2) is 0 Å². The molecule has 0 bridgehead atoms. The smallest absolute Gasteiger partial charge is 0.0438 e. The molecule has 0 amide bonds. The van der Waals surface area contributed by atoms with Crippen LogP contribution in [0.15, 0.2) is 24.3 Å². The van der Waals surface area contributed by atoms with Crippen LogP contribution in [0.4, 0.5) is 0 Å². The number of nitrogens with one attached hydrogen (secondary N) is 1. The maximum Gasteiger partial charge on any atom is 0.0438 e. The fraction of sp³-hybridized carbons (Fsp3) is 0.538. The molecule has 82 valence electrons. The van der Waals surface area contributed by atoms with Gasteiger partial charge in [0.2, 0.25) is 0 Å². The highest BCUT2D eigenvalue weighted by Crippen LogP contribution is 2.31. The van der Waals surface area contributed by atoms with Crippen LogP contribution in [0.3, 0.4) is 0 Å². The Balaban J connectivity index is 2.10. The molecule has 1 heterocycles. The van der Waals surface area contributed by atoms with Crippen LogP contribution in [-0.4, -0.2) is 12.1 Å². The molecule has 0 radical (unpaired) electrons. The van der Waals surface area contributed by atoms with Crippen LogP contribution >= 0.6 is 11.6 Å². The highest BCUT2D eigenvalue weighted by molar-refractivity contribution is 6.31. The second kappa shape index (κ2) is 4.54. The van der Waals surface area contributed by atoms with E-state index in [1.807, 2.05) is 12.1 Å². The standard InChI is InChI=1S/C13H18ClN/c1-2-7-13(8-9-15-13)10-11-5-3-4-6-12(11)14/h3-6,15H,2,7-10H2,1H3. The molecule has 1 saturated heterocycles. The van der Waals surface area contributed by atoms with Crippen molar-refractivity contribution >= 4 is 11.6 Å². The van der Waals surface area contributed by atoms with Crippen LogP contribution in [0.2, 0.25) is 5.02 Å². The summed E-state index contributed by atoms with van der Waals surface area (Å²) in [4.78, 5) is 0. The minimum absolute atomic E-state index is 0.333. The zero-order valence-electron chi connectivity index (χ0n) is 9.22. The maximum atomic E-state index is 6.18. The summed E-state index contributed by atoms with van der Waals surface area (Å²) >= 11 is 6.18. The van der Waals surface area contributed by atoms with Gasteiger partial charge in [-0.25, -0.2) is 0 Å². The molecule has 0 spiro atoms. The van der Waals surface area contributed by atoms with E-state index in [4.69, 9.17) is 11.6 Å². The lowest BCUT2D eigenvalue weighted by atomic mass is 9.78. The molecule has 2 rings (SSSR count). The summed E-state index contributed by atoms with van der Waals surface area (Å²) in [7, 11) is 0. The summed E-state index contributed by atoms with van der Waals surface area (Å²) in [6, 6.07) is 8.18. The third-order valence-electron chi connectivity index (χ3n) is 3.32. The minimum atomic E-state index is 0.333. The Kier molecular flexibility index (Phi) is 3.32. The molecule has 1 nitrogen and oxygen atoms in total. The van der Waals surface area contributed by atoms with E-state index in [1.54, 1.807) is 0 Å². The van der Waals surface area contributed by atoms with Crippen molar-refractivity contribution in [3.8, 4) is 0 Å². The van der Waals surface area contributed by atoms with Gasteiger partial charge in [-0.05, 0) is 37.4 Å². The van der Waals surface area contributed by atoms with Crippen molar-refractivity contribution in [2.45, 2.75) is 38.1 Å². The Hall–Kier alpha value is -0.530. The Morgan fingerprint density at radius 3 is 2.67 bits per heavy atom. The van der Waals surface area contributed by atoms with Gasteiger partial charge in [-0.3, -0.25) is 0 Å². The second-order valence-electron chi connectivity index (χ2n) is 4.48. The summed E-state index contributed by atoms with van der Waals surface area (Å²) in [6.45, 7) is 3.40. The molecule has 1 fully saturated rings. The Morgan fingerprint density at radius 2 is 2.13 bits per heavy atom. The average molecular weight is 224 g/mol. The van der Waals surface area contributed by atoms with Crippen molar-refractivity contribution in [3.05, 3.63) is 34.9 Å². The van der Waals surface area contributed by atoms with E-state index >= 15 is 0 Å². The summed E-state index contributed by atoms with van der Waals surface area (Å²) in [5, 5.41) is 4.48. The maximum absolute atomic E-state index is 6.18. The second-order valence-corrected chi connectivity index (χ2v) is 4.88. The largest absolute Gasteiger partial charge is 0.311 e. The van der Waals surface area contributed by atoms with Gasteiger partial charge in [0.05, 0.1) is 0 Å². The number of benzene rings is 1.